The van der Waals surface area contributed by atoms with Crippen molar-refractivity contribution in [1.29, 1.82) is 0 Å². The first-order valence-electron chi connectivity index (χ1n) is 37.2. The van der Waals surface area contributed by atoms with Crippen molar-refractivity contribution in [2.24, 2.45) is 40.9 Å². The van der Waals surface area contributed by atoms with Crippen molar-refractivity contribution >= 4 is 178 Å². The second-order valence-electron chi connectivity index (χ2n) is 25.7. The lowest BCUT2D eigenvalue weighted by atomic mass is 10.1. The molecule has 0 aliphatic carbocycles. The van der Waals surface area contributed by atoms with Crippen molar-refractivity contribution in [3.63, 3.8) is 0 Å². The highest BCUT2D eigenvalue weighted by molar-refractivity contribution is 7.94. The van der Waals surface area contributed by atoms with Gasteiger partial charge in [-0.1, -0.05) is 58.6 Å². The first-order valence-corrected chi connectivity index (χ1v) is 42.2. The first-order chi connectivity index (χ1) is 60.7. The third-order valence-electron chi connectivity index (χ3n) is 16.6. The Labute approximate surface area is 722 Å². The predicted molar refractivity (Wildman–Crippen MR) is 454 cm³/mol. The monoisotopic (exact) mass is 1810 g/mol. The Hall–Kier alpha value is -14.2. The van der Waals surface area contributed by atoms with Crippen molar-refractivity contribution in [1.82, 2.24) is 29.9 Å². The standard InChI is InChI=1S/C76H76N20O26S4/c97-66(98)49-15-1-5-19-53(49)93-89-45-24-28-57(62(41-45)115-33-11-37-123-121-119-107)78-72-83-71(84-73(85-72)79-59-30-26-47(43-64(59)117-35-13-39-125(109,110)111)91-95-55-21-7-3-17-51(55)68(101)102)77-32-10-9-23-61(70(105)106)82-76-87-74(80-58-29-25-46(42-63(58)116-34-12-38-124-122-120-108)90-94-54-20-6-2-16-50(54)67(99)100)86-75(88-76)81-60-31-27-48(44-65(60)118-36-14-40-126(112,113)114)92-96-56-22-8-4-18-52(56)69(103)104/h1-8,15-22,24-31,41-44,61,107-108H,9-14,23,32-40H2,(H,97,98)(H,99,100)(H,101,102)(H,103,104)(H,105,106)(H,109,110,111)(H,112,113,114)(H3,77,78,79,83,84,85)(H3,80,81,82,86,87,88). The fourth-order valence-corrected chi connectivity index (χ4v) is 12.5. The number of nitrogens with one attached hydrogen (secondary N) is 6. The van der Waals surface area contributed by atoms with Gasteiger partial charge in [0, 0.05) is 66.4 Å². The predicted octanol–water partition coefficient (Wildman–Crippen LogP) is 16.6. The normalized spacial score (nSPS) is 11.8. The summed E-state index contributed by atoms with van der Waals surface area (Å²) in [6, 6.07) is 39.6. The molecule has 0 aliphatic rings. The van der Waals surface area contributed by atoms with Gasteiger partial charge in [0.2, 0.25) is 35.7 Å². The lowest BCUT2D eigenvalue weighted by Gasteiger charge is -2.18. The number of anilines is 10. The van der Waals surface area contributed by atoms with Gasteiger partial charge in [-0.3, -0.25) is 9.11 Å². The van der Waals surface area contributed by atoms with Crippen LogP contribution in [-0.2, 0) is 43.8 Å². The van der Waals surface area contributed by atoms with Crippen molar-refractivity contribution in [3.05, 3.63) is 192 Å². The Bertz CT molecular complexity index is 5850. The number of carbonyl (C=O) groups is 5. The van der Waals surface area contributed by atoms with Gasteiger partial charge < -0.3 is 76.4 Å². The van der Waals surface area contributed by atoms with E-state index in [1.54, 1.807) is 24.3 Å². The van der Waals surface area contributed by atoms with Gasteiger partial charge in [0.25, 0.3) is 20.2 Å². The Morgan fingerprint density at radius 2 is 0.659 bits per heavy atom. The topological polar surface area (TPSA) is 658 Å². The van der Waals surface area contributed by atoms with Crippen LogP contribution in [0.5, 0.6) is 23.0 Å². The summed E-state index contributed by atoms with van der Waals surface area (Å²) in [7, 11) is -8.87. The fraction of sp³-hybridized carbons (Fsp3) is 0.224. The van der Waals surface area contributed by atoms with Crippen LogP contribution in [0.3, 0.4) is 0 Å². The lowest BCUT2D eigenvalue weighted by Crippen LogP contribution is -2.30. The number of carboxylic acid groups (broad SMARTS) is 5. The van der Waals surface area contributed by atoms with Crippen LogP contribution in [0.4, 0.5) is 104 Å². The summed E-state index contributed by atoms with van der Waals surface area (Å²) < 4.78 is 99.7. The molecule has 0 aliphatic heterocycles. The number of ether oxygens (including phenoxy) is 4. The zero-order chi connectivity index (χ0) is 89.8. The third-order valence-corrected chi connectivity index (χ3v) is 19.4. The molecule has 10 aromatic rings. The molecule has 2 aromatic heterocycles. The molecule has 46 nitrogen and oxygen atoms in total. The SMILES string of the molecule is O=C(O)c1ccccc1N=Nc1ccc(Nc2nc(NCCCCC(Nc3nc(Nc4ccc(N=Nc5ccccc5C(=O)O)cc4OCCCSOOO)nc(Nc4ccc(N=Nc5ccccc5C(=O)O)cc4OCCCS(=O)(=O)O)n3)C(=O)O)nc(Nc3ccc(N=Nc4ccccc4C(=O)O)cc3OCCCS(=O)(=O)O)n2)c(OCCCSOOO)c1. The maximum Gasteiger partial charge on any atom is 0.337 e. The van der Waals surface area contributed by atoms with E-state index in [1.807, 2.05) is 0 Å². The summed E-state index contributed by atoms with van der Waals surface area (Å²) in [6.07, 6.45) is 0.444. The van der Waals surface area contributed by atoms with E-state index >= 15 is 0 Å². The molecule has 660 valence electrons. The molecule has 0 fully saturated rings. The van der Waals surface area contributed by atoms with E-state index in [9.17, 15) is 75.4 Å². The van der Waals surface area contributed by atoms with Crippen LogP contribution in [0.25, 0.3) is 0 Å². The van der Waals surface area contributed by atoms with E-state index in [-0.39, 0.29) is 226 Å². The van der Waals surface area contributed by atoms with Crippen molar-refractivity contribution < 1.29 is 124 Å². The van der Waals surface area contributed by atoms with Gasteiger partial charge in [-0.05, 0) is 142 Å². The second kappa shape index (κ2) is 47.4. The number of carboxylic acids is 5. The molecule has 50 heteroatoms. The number of azo groups is 4. The highest BCUT2D eigenvalue weighted by Crippen LogP contribution is 2.40. The Morgan fingerprint density at radius 1 is 0.365 bits per heavy atom. The zero-order valence-electron chi connectivity index (χ0n) is 65.4. The number of unbranched alkanes of at least 4 members (excludes halogenated alkanes) is 1. The van der Waals surface area contributed by atoms with E-state index in [0.717, 1.165) is 24.1 Å². The summed E-state index contributed by atoms with van der Waals surface area (Å²) in [5.41, 5.74) is 0.794. The molecule has 0 saturated carbocycles. The van der Waals surface area contributed by atoms with Crippen LogP contribution in [0, 0.1) is 0 Å². The summed E-state index contributed by atoms with van der Waals surface area (Å²) in [5.74, 6) is -8.35. The lowest BCUT2D eigenvalue weighted by molar-refractivity contribution is -0.432. The molecular formula is C76H76N20O26S4. The highest BCUT2D eigenvalue weighted by atomic mass is 32.2. The van der Waals surface area contributed by atoms with Crippen LogP contribution >= 0.6 is 24.1 Å². The molecule has 8 aromatic carbocycles. The number of nitrogens with zero attached hydrogens (tertiary/aromatic N) is 14. The number of aromatic nitrogens is 6. The smallest absolute Gasteiger partial charge is 0.337 e. The van der Waals surface area contributed by atoms with E-state index in [1.165, 1.54) is 146 Å². The van der Waals surface area contributed by atoms with E-state index in [4.69, 9.17) is 29.5 Å². The summed E-state index contributed by atoms with van der Waals surface area (Å²) in [5, 5.41) is 127. The molecule has 2 heterocycles. The van der Waals surface area contributed by atoms with Gasteiger partial charge in [0.1, 0.15) is 51.8 Å². The van der Waals surface area contributed by atoms with Gasteiger partial charge in [-0.15, -0.1) is 29.1 Å². The molecular weight excluding hydrogens is 1740 g/mol. The van der Waals surface area contributed by atoms with Gasteiger partial charge in [0.15, 0.2) is 0 Å². The minimum Gasteiger partial charge on any atom is -0.491 e. The van der Waals surface area contributed by atoms with Crippen LogP contribution in [-0.4, -0.2) is 184 Å². The third kappa shape index (κ3) is 30.7. The summed E-state index contributed by atoms with van der Waals surface area (Å²) in [4.78, 5) is 89.3. The number of aliphatic carboxylic acids is 1. The fourth-order valence-electron chi connectivity index (χ4n) is 10.8. The molecule has 10 rings (SSSR count). The Kier molecular flexibility index (Phi) is 35.4. The van der Waals surface area contributed by atoms with Crippen molar-refractivity contribution in [2.45, 2.75) is 51.0 Å². The Balaban J connectivity index is 0.966. The molecule has 0 saturated heterocycles. The Morgan fingerprint density at radius 3 is 0.952 bits per heavy atom. The molecule has 1 unspecified atom stereocenters. The van der Waals surface area contributed by atoms with E-state index in [2.05, 4.69) is 121 Å². The molecule has 0 spiro atoms. The van der Waals surface area contributed by atoms with Gasteiger partial charge >= 0.3 is 29.8 Å². The maximum absolute atomic E-state index is 13.4. The first kappa shape index (κ1) is 94.1. The molecule has 0 radical (unpaired) electrons. The zero-order valence-corrected chi connectivity index (χ0v) is 68.7. The van der Waals surface area contributed by atoms with Gasteiger partial charge in [0.05, 0.1) is 106 Å². The van der Waals surface area contributed by atoms with Crippen LogP contribution < -0.4 is 50.8 Å². The minimum absolute atomic E-state index is 0.000836. The highest BCUT2D eigenvalue weighted by Gasteiger charge is 2.24. The van der Waals surface area contributed by atoms with Crippen LogP contribution in [0.1, 0.15) is 86.4 Å². The number of aromatic carboxylic acids is 4. The van der Waals surface area contributed by atoms with Gasteiger partial charge in [-0.2, -0.15) is 67.2 Å². The minimum atomic E-state index is -4.44. The molecule has 0 bridgehead atoms. The van der Waals surface area contributed by atoms with Crippen molar-refractivity contribution in [3.8, 4) is 23.0 Å². The quantitative estimate of drug-likeness (QED) is 0.00420. The second-order valence-corrected chi connectivity index (χ2v) is 30.4. The maximum atomic E-state index is 13.4. The van der Waals surface area contributed by atoms with Crippen LogP contribution in [0.15, 0.2) is 211 Å². The van der Waals surface area contributed by atoms with Crippen LogP contribution in [0.2, 0.25) is 0 Å². The number of hydrogen-bond donors (Lipinski definition) is 15. The number of rotatable bonds is 53. The van der Waals surface area contributed by atoms with E-state index in [0.29, 0.717) is 12.8 Å². The average molecular weight is 1810 g/mol. The molecule has 0 amide bonds. The molecule has 15 N–H and O–H groups in total. The largest absolute Gasteiger partial charge is 0.491 e. The number of hydrogen-bond acceptors (Lipinski definition) is 41. The average Bonchev–Trinajstić information content (AvgIpc) is 0.816. The molecule has 1 atom stereocenters. The molecule has 126 heavy (non-hydrogen) atoms. The van der Waals surface area contributed by atoms with Gasteiger partial charge in [-0.25, -0.2) is 34.5 Å². The summed E-state index contributed by atoms with van der Waals surface area (Å²) >= 11 is 1.55. The van der Waals surface area contributed by atoms with Crippen molar-refractivity contribution in [2.75, 3.05) is 87.9 Å². The van der Waals surface area contributed by atoms with E-state index < -0.39 is 67.6 Å². The summed E-state index contributed by atoms with van der Waals surface area (Å²) in [6.45, 7) is -0.518. The number of benzene rings is 8.